The van der Waals surface area contributed by atoms with Gasteiger partial charge in [0.15, 0.2) is 0 Å². The summed E-state index contributed by atoms with van der Waals surface area (Å²) >= 11 is 1.88. The second-order valence-corrected chi connectivity index (χ2v) is 6.70. The van der Waals surface area contributed by atoms with E-state index >= 15 is 0 Å². The number of nitro benzene ring substituents is 1. The van der Waals surface area contributed by atoms with Crippen molar-refractivity contribution in [3.63, 3.8) is 0 Å². The smallest absolute Gasteiger partial charge is 0.292 e. The van der Waals surface area contributed by atoms with Gasteiger partial charge in [-0.05, 0) is 38.6 Å². The molecule has 2 atom stereocenters. The molecular formula is C15H21N3O3S. The number of amides is 1. The van der Waals surface area contributed by atoms with E-state index in [9.17, 15) is 14.9 Å². The highest BCUT2D eigenvalue weighted by Gasteiger charge is 2.28. The summed E-state index contributed by atoms with van der Waals surface area (Å²) in [5.74, 6) is -0.218. The minimum absolute atomic E-state index is 0.0817. The van der Waals surface area contributed by atoms with Crippen molar-refractivity contribution in [2.75, 3.05) is 25.2 Å². The van der Waals surface area contributed by atoms with E-state index in [0.717, 1.165) is 12.8 Å². The average Bonchev–Trinajstić information content (AvgIpc) is 2.96. The summed E-state index contributed by atoms with van der Waals surface area (Å²) in [6.45, 7) is 0.248. The van der Waals surface area contributed by atoms with Crippen molar-refractivity contribution in [3.05, 3.63) is 34.4 Å². The van der Waals surface area contributed by atoms with Gasteiger partial charge in [0.2, 0.25) is 5.91 Å². The van der Waals surface area contributed by atoms with Gasteiger partial charge in [-0.15, -0.1) is 0 Å². The van der Waals surface area contributed by atoms with Gasteiger partial charge in [0.1, 0.15) is 5.69 Å². The molecule has 1 aliphatic rings. The minimum atomic E-state index is -0.487. The molecule has 1 saturated carbocycles. The maximum absolute atomic E-state index is 12.1. The zero-order chi connectivity index (χ0) is 16.1. The number of rotatable bonds is 6. The van der Waals surface area contributed by atoms with Crippen LogP contribution >= 0.6 is 11.8 Å². The van der Waals surface area contributed by atoms with Crippen LogP contribution in [0.25, 0.3) is 0 Å². The van der Waals surface area contributed by atoms with Crippen LogP contribution < -0.4 is 5.32 Å². The van der Waals surface area contributed by atoms with Gasteiger partial charge in [-0.25, -0.2) is 0 Å². The fraction of sp³-hybridized carbons (Fsp3) is 0.533. The van der Waals surface area contributed by atoms with Gasteiger partial charge in [-0.3, -0.25) is 19.8 Å². The standard InChI is InChI=1S/C15H21N3O3S/c1-17(11-7-8-12(9-11)22-2)10-15(19)16-13-5-3-4-6-14(13)18(20)21/h3-6,11-12H,7-10H2,1-2H3,(H,16,19)/t11-,12+/m0/s1. The number of carbonyl (C=O) groups is 1. The lowest BCUT2D eigenvalue weighted by Gasteiger charge is -2.23. The highest BCUT2D eigenvalue weighted by Crippen LogP contribution is 2.31. The summed E-state index contributed by atoms with van der Waals surface area (Å²) in [5, 5.41) is 14.3. The number of nitrogens with zero attached hydrogens (tertiary/aromatic N) is 2. The van der Waals surface area contributed by atoms with Crippen LogP contribution in [0.3, 0.4) is 0 Å². The summed E-state index contributed by atoms with van der Waals surface area (Å²) in [6, 6.07) is 6.61. The molecule has 1 aliphatic carbocycles. The molecule has 6 nitrogen and oxygen atoms in total. The van der Waals surface area contributed by atoms with Crippen LogP contribution in [0.4, 0.5) is 11.4 Å². The number of para-hydroxylation sites is 2. The molecule has 7 heteroatoms. The van der Waals surface area contributed by atoms with Crippen molar-refractivity contribution in [1.29, 1.82) is 0 Å². The first kappa shape index (κ1) is 16.8. The molecule has 1 aromatic carbocycles. The number of nitrogens with one attached hydrogen (secondary N) is 1. The molecule has 0 spiro atoms. The molecule has 22 heavy (non-hydrogen) atoms. The molecule has 1 aromatic rings. The van der Waals surface area contributed by atoms with Crippen LogP contribution in [0.2, 0.25) is 0 Å². The lowest BCUT2D eigenvalue weighted by molar-refractivity contribution is -0.383. The summed E-state index contributed by atoms with van der Waals surface area (Å²) in [6.07, 6.45) is 5.49. The summed E-state index contributed by atoms with van der Waals surface area (Å²) in [4.78, 5) is 24.6. The first-order valence-electron chi connectivity index (χ1n) is 7.27. The summed E-state index contributed by atoms with van der Waals surface area (Å²) in [7, 11) is 1.94. The van der Waals surface area contributed by atoms with Crippen molar-refractivity contribution in [1.82, 2.24) is 4.90 Å². The largest absolute Gasteiger partial charge is 0.319 e. The first-order valence-corrected chi connectivity index (χ1v) is 8.56. The Morgan fingerprint density at radius 1 is 1.45 bits per heavy atom. The Morgan fingerprint density at radius 2 is 2.18 bits per heavy atom. The Kier molecular flexibility index (Phi) is 5.79. The quantitative estimate of drug-likeness (QED) is 0.643. The molecule has 0 aliphatic heterocycles. The summed E-state index contributed by atoms with van der Waals surface area (Å²) < 4.78 is 0. The molecule has 1 fully saturated rings. The Labute approximate surface area is 134 Å². The van der Waals surface area contributed by atoms with Gasteiger partial charge in [0.05, 0.1) is 11.5 Å². The van der Waals surface area contributed by atoms with Crippen molar-refractivity contribution < 1.29 is 9.72 Å². The number of thioether (sulfide) groups is 1. The molecule has 0 bridgehead atoms. The van der Waals surface area contributed by atoms with Gasteiger partial charge in [0, 0.05) is 17.4 Å². The van der Waals surface area contributed by atoms with Crippen LogP contribution in [0.15, 0.2) is 24.3 Å². The normalized spacial score (nSPS) is 21.0. The molecular weight excluding hydrogens is 302 g/mol. The highest BCUT2D eigenvalue weighted by molar-refractivity contribution is 7.99. The molecule has 0 unspecified atom stereocenters. The van der Waals surface area contributed by atoms with E-state index in [1.807, 2.05) is 23.7 Å². The maximum atomic E-state index is 12.1. The van der Waals surface area contributed by atoms with Crippen LogP contribution in [-0.2, 0) is 4.79 Å². The van der Waals surface area contributed by atoms with Gasteiger partial charge in [-0.1, -0.05) is 12.1 Å². The highest BCUT2D eigenvalue weighted by atomic mass is 32.2. The van der Waals surface area contributed by atoms with Crippen molar-refractivity contribution in [2.24, 2.45) is 0 Å². The minimum Gasteiger partial charge on any atom is -0.319 e. The van der Waals surface area contributed by atoms with Gasteiger partial charge < -0.3 is 5.32 Å². The van der Waals surface area contributed by atoms with E-state index in [0.29, 0.717) is 11.3 Å². The van der Waals surface area contributed by atoms with Crippen molar-refractivity contribution in [3.8, 4) is 0 Å². The van der Waals surface area contributed by atoms with Gasteiger partial charge in [0.25, 0.3) is 5.69 Å². The zero-order valence-corrected chi connectivity index (χ0v) is 13.6. The third-order valence-electron chi connectivity index (χ3n) is 4.08. The number of likely N-dealkylation sites (N-methyl/N-ethyl adjacent to an activating group) is 1. The van der Waals surface area contributed by atoms with E-state index in [-0.39, 0.29) is 23.8 Å². The van der Waals surface area contributed by atoms with E-state index in [1.165, 1.54) is 12.5 Å². The fourth-order valence-electron chi connectivity index (χ4n) is 2.82. The van der Waals surface area contributed by atoms with Crippen molar-refractivity contribution >= 4 is 29.0 Å². The van der Waals surface area contributed by atoms with Gasteiger partial charge in [-0.2, -0.15) is 11.8 Å². The van der Waals surface area contributed by atoms with Crippen LogP contribution in [0, 0.1) is 10.1 Å². The second kappa shape index (κ2) is 7.60. The Hall–Kier alpha value is -1.60. The van der Waals surface area contributed by atoms with E-state index in [4.69, 9.17) is 0 Å². The number of benzene rings is 1. The lowest BCUT2D eigenvalue weighted by atomic mass is 10.2. The van der Waals surface area contributed by atoms with Crippen LogP contribution in [0.1, 0.15) is 19.3 Å². The van der Waals surface area contributed by atoms with Crippen LogP contribution in [-0.4, -0.2) is 46.9 Å². The third-order valence-corrected chi connectivity index (χ3v) is 5.18. The average molecular weight is 323 g/mol. The summed E-state index contributed by atoms with van der Waals surface area (Å²) in [5.41, 5.74) is 0.168. The molecule has 120 valence electrons. The SMILES string of the molecule is CS[C@@H]1CC[C@H](N(C)CC(=O)Nc2ccccc2[N+](=O)[O-])C1. The predicted molar refractivity (Wildman–Crippen MR) is 89.3 cm³/mol. The number of nitro groups is 1. The molecule has 0 radical (unpaired) electrons. The number of carbonyl (C=O) groups excluding carboxylic acids is 1. The van der Waals surface area contributed by atoms with Gasteiger partial charge >= 0.3 is 0 Å². The molecule has 1 N–H and O–H groups in total. The molecule has 0 saturated heterocycles. The Morgan fingerprint density at radius 3 is 2.82 bits per heavy atom. The number of hydrogen-bond donors (Lipinski definition) is 1. The Bertz CT molecular complexity index is 553. The molecule has 0 aromatic heterocycles. The van der Waals surface area contributed by atoms with E-state index in [1.54, 1.807) is 18.2 Å². The first-order chi connectivity index (χ1) is 10.5. The zero-order valence-electron chi connectivity index (χ0n) is 12.8. The monoisotopic (exact) mass is 323 g/mol. The second-order valence-electron chi connectivity index (χ2n) is 5.56. The predicted octanol–water partition coefficient (Wildman–Crippen LogP) is 2.75. The van der Waals surface area contributed by atoms with E-state index < -0.39 is 4.92 Å². The lowest BCUT2D eigenvalue weighted by Crippen LogP contribution is -2.36. The topological polar surface area (TPSA) is 75.5 Å². The maximum Gasteiger partial charge on any atom is 0.292 e. The molecule has 0 heterocycles. The van der Waals surface area contributed by atoms with E-state index in [2.05, 4.69) is 11.6 Å². The number of anilines is 1. The Balaban J connectivity index is 1.92. The van der Waals surface area contributed by atoms with Crippen molar-refractivity contribution in [2.45, 2.75) is 30.6 Å². The molecule has 1 amide bonds. The number of hydrogen-bond acceptors (Lipinski definition) is 5. The fourth-order valence-corrected chi connectivity index (χ4v) is 3.60. The van der Waals surface area contributed by atoms with Crippen LogP contribution in [0.5, 0.6) is 0 Å². The third kappa shape index (κ3) is 4.20. The molecule has 2 rings (SSSR count).